The van der Waals surface area contributed by atoms with E-state index in [9.17, 15) is 4.79 Å². The standard InChI is InChI=1S/C18H33N3O2/c1-2-10-21(13-14-22)18(23)19-17-8-11-20(12-9-17)15-16-6-4-3-5-7-16/h2,16-17,22H,1,3-15H2,(H,19,23). The summed E-state index contributed by atoms with van der Waals surface area (Å²) in [6, 6.07) is 0.181. The molecule has 0 aromatic carbocycles. The molecule has 2 rings (SSSR count). The van der Waals surface area contributed by atoms with Crippen molar-refractivity contribution in [2.45, 2.75) is 51.0 Å². The summed E-state index contributed by atoms with van der Waals surface area (Å²) in [6.45, 7) is 7.91. The maximum Gasteiger partial charge on any atom is 0.317 e. The van der Waals surface area contributed by atoms with Crippen molar-refractivity contribution in [3.8, 4) is 0 Å². The Morgan fingerprint density at radius 1 is 1.22 bits per heavy atom. The van der Waals surface area contributed by atoms with Gasteiger partial charge in [-0.3, -0.25) is 0 Å². The molecule has 0 aromatic heterocycles. The van der Waals surface area contributed by atoms with Crippen molar-refractivity contribution in [1.29, 1.82) is 0 Å². The minimum absolute atomic E-state index is 0.0128. The Hall–Kier alpha value is -1.07. The van der Waals surface area contributed by atoms with E-state index in [4.69, 9.17) is 5.11 Å². The van der Waals surface area contributed by atoms with Crippen LogP contribution in [0.2, 0.25) is 0 Å². The van der Waals surface area contributed by atoms with Gasteiger partial charge in [0, 0.05) is 38.8 Å². The molecule has 1 saturated carbocycles. The van der Waals surface area contributed by atoms with E-state index in [-0.39, 0.29) is 18.7 Å². The summed E-state index contributed by atoms with van der Waals surface area (Å²) in [5.41, 5.74) is 0. The molecular weight excluding hydrogens is 290 g/mol. The number of carbonyl (C=O) groups is 1. The summed E-state index contributed by atoms with van der Waals surface area (Å²) in [6.07, 6.45) is 10.8. The molecule has 1 aliphatic carbocycles. The first kappa shape index (κ1) is 18.3. The van der Waals surface area contributed by atoms with Gasteiger partial charge in [0.25, 0.3) is 0 Å². The molecule has 2 fully saturated rings. The molecule has 0 bridgehead atoms. The van der Waals surface area contributed by atoms with Crippen LogP contribution >= 0.6 is 0 Å². The van der Waals surface area contributed by atoms with Crippen LogP contribution in [0.1, 0.15) is 44.9 Å². The van der Waals surface area contributed by atoms with E-state index in [0.29, 0.717) is 13.1 Å². The fourth-order valence-electron chi connectivity index (χ4n) is 3.81. The molecule has 1 aliphatic heterocycles. The highest BCUT2D eigenvalue weighted by atomic mass is 16.3. The van der Waals surface area contributed by atoms with Gasteiger partial charge >= 0.3 is 6.03 Å². The van der Waals surface area contributed by atoms with E-state index in [1.807, 2.05) is 0 Å². The largest absolute Gasteiger partial charge is 0.395 e. The number of nitrogens with zero attached hydrogens (tertiary/aromatic N) is 2. The molecule has 0 unspecified atom stereocenters. The lowest BCUT2D eigenvalue weighted by atomic mass is 9.88. The third kappa shape index (κ3) is 6.15. The molecular formula is C18H33N3O2. The van der Waals surface area contributed by atoms with Gasteiger partial charge in [0.1, 0.15) is 0 Å². The second kappa shape index (κ2) is 9.93. The zero-order valence-corrected chi connectivity index (χ0v) is 14.4. The van der Waals surface area contributed by atoms with E-state index in [2.05, 4.69) is 16.8 Å². The predicted octanol–water partition coefficient (Wildman–Crippen LogP) is 2.22. The molecule has 0 atom stereocenters. The first-order chi connectivity index (χ1) is 11.2. The molecule has 23 heavy (non-hydrogen) atoms. The fraction of sp³-hybridized carbons (Fsp3) is 0.833. The van der Waals surface area contributed by atoms with Gasteiger partial charge in [-0.25, -0.2) is 4.79 Å². The molecule has 0 aromatic rings. The summed E-state index contributed by atoms with van der Waals surface area (Å²) in [4.78, 5) is 16.4. The van der Waals surface area contributed by atoms with E-state index in [1.54, 1.807) is 11.0 Å². The third-order valence-corrected chi connectivity index (χ3v) is 5.16. The Morgan fingerprint density at radius 3 is 2.52 bits per heavy atom. The first-order valence-corrected chi connectivity index (χ1v) is 9.22. The highest BCUT2D eigenvalue weighted by Crippen LogP contribution is 2.25. The zero-order valence-electron chi connectivity index (χ0n) is 14.4. The Morgan fingerprint density at radius 2 is 1.91 bits per heavy atom. The number of urea groups is 1. The van der Waals surface area contributed by atoms with E-state index >= 15 is 0 Å². The number of piperidine rings is 1. The van der Waals surface area contributed by atoms with Gasteiger partial charge in [-0.2, -0.15) is 0 Å². The highest BCUT2D eigenvalue weighted by molar-refractivity contribution is 5.74. The van der Waals surface area contributed by atoms with Crippen LogP contribution in [-0.4, -0.2) is 66.3 Å². The van der Waals surface area contributed by atoms with Gasteiger partial charge < -0.3 is 20.2 Å². The van der Waals surface area contributed by atoms with Crippen LogP contribution in [0.15, 0.2) is 12.7 Å². The number of hydrogen-bond acceptors (Lipinski definition) is 3. The van der Waals surface area contributed by atoms with Crippen LogP contribution < -0.4 is 5.32 Å². The van der Waals surface area contributed by atoms with E-state index in [1.165, 1.54) is 38.6 Å². The summed E-state index contributed by atoms with van der Waals surface area (Å²) in [5.74, 6) is 0.891. The summed E-state index contributed by atoms with van der Waals surface area (Å²) >= 11 is 0. The number of nitrogens with one attached hydrogen (secondary N) is 1. The highest BCUT2D eigenvalue weighted by Gasteiger charge is 2.24. The molecule has 5 heteroatoms. The quantitative estimate of drug-likeness (QED) is 0.706. The van der Waals surface area contributed by atoms with Gasteiger partial charge in [-0.05, 0) is 31.6 Å². The molecule has 132 valence electrons. The molecule has 0 spiro atoms. The van der Waals surface area contributed by atoms with Crippen molar-refractivity contribution in [2.75, 3.05) is 39.3 Å². The van der Waals surface area contributed by atoms with Gasteiger partial charge in [0.05, 0.1) is 6.61 Å². The molecule has 1 heterocycles. The first-order valence-electron chi connectivity index (χ1n) is 9.22. The van der Waals surface area contributed by atoms with E-state index < -0.39 is 0 Å². The fourth-order valence-corrected chi connectivity index (χ4v) is 3.81. The van der Waals surface area contributed by atoms with Crippen LogP contribution in [0.3, 0.4) is 0 Å². The normalized spacial score (nSPS) is 21.1. The monoisotopic (exact) mass is 323 g/mol. The van der Waals surface area contributed by atoms with Crippen LogP contribution in [0, 0.1) is 5.92 Å². The summed E-state index contributed by atoms with van der Waals surface area (Å²) in [5, 5.41) is 12.2. The van der Waals surface area contributed by atoms with Gasteiger partial charge in [-0.15, -0.1) is 6.58 Å². The van der Waals surface area contributed by atoms with Gasteiger partial charge in [0.2, 0.25) is 0 Å². The van der Waals surface area contributed by atoms with Gasteiger partial charge in [0.15, 0.2) is 0 Å². The zero-order chi connectivity index (χ0) is 16.5. The number of amides is 2. The molecule has 0 radical (unpaired) electrons. The molecule has 5 nitrogen and oxygen atoms in total. The second-order valence-electron chi connectivity index (χ2n) is 6.99. The number of carbonyl (C=O) groups excluding carboxylic acids is 1. The second-order valence-corrected chi connectivity index (χ2v) is 6.99. The molecule has 2 amide bonds. The maximum absolute atomic E-state index is 12.2. The Balaban J connectivity index is 1.68. The SMILES string of the molecule is C=CCN(CCO)C(=O)NC1CCN(CC2CCCCC2)CC1. The average Bonchev–Trinajstić information content (AvgIpc) is 2.57. The number of hydrogen-bond donors (Lipinski definition) is 2. The molecule has 2 aliphatic rings. The Labute approximate surface area is 140 Å². The average molecular weight is 323 g/mol. The summed E-state index contributed by atoms with van der Waals surface area (Å²) in [7, 11) is 0. The number of aliphatic hydroxyl groups excluding tert-OH is 1. The molecule has 1 saturated heterocycles. The van der Waals surface area contributed by atoms with Crippen molar-refractivity contribution in [3.05, 3.63) is 12.7 Å². The van der Waals surface area contributed by atoms with Crippen LogP contribution in [-0.2, 0) is 0 Å². The Bertz CT molecular complexity index is 361. The van der Waals surface area contributed by atoms with Crippen molar-refractivity contribution in [1.82, 2.24) is 15.1 Å². The van der Waals surface area contributed by atoms with Crippen molar-refractivity contribution >= 4 is 6.03 Å². The van der Waals surface area contributed by atoms with E-state index in [0.717, 1.165) is 31.8 Å². The third-order valence-electron chi connectivity index (χ3n) is 5.16. The van der Waals surface area contributed by atoms with Crippen molar-refractivity contribution < 1.29 is 9.90 Å². The number of rotatable bonds is 7. The molecule has 2 N–H and O–H groups in total. The van der Waals surface area contributed by atoms with Crippen molar-refractivity contribution in [2.24, 2.45) is 5.92 Å². The minimum Gasteiger partial charge on any atom is -0.395 e. The number of likely N-dealkylation sites (tertiary alicyclic amines) is 1. The van der Waals surface area contributed by atoms with Crippen LogP contribution in [0.25, 0.3) is 0 Å². The maximum atomic E-state index is 12.2. The number of aliphatic hydroxyl groups is 1. The predicted molar refractivity (Wildman–Crippen MR) is 93.4 cm³/mol. The lowest BCUT2D eigenvalue weighted by Gasteiger charge is -2.36. The lowest BCUT2D eigenvalue weighted by Crippen LogP contribution is -2.50. The van der Waals surface area contributed by atoms with Crippen LogP contribution in [0.5, 0.6) is 0 Å². The topological polar surface area (TPSA) is 55.8 Å². The lowest BCUT2D eigenvalue weighted by molar-refractivity contribution is 0.146. The minimum atomic E-state index is -0.0790. The smallest absolute Gasteiger partial charge is 0.317 e. The van der Waals surface area contributed by atoms with Crippen molar-refractivity contribution in [3.63, 3.8) is 0 Å². The summed E-state index contributed by atoms with van der Waals surface area (Å²) < 4.78 is 0. The van der Waals surface area contributed by atoms with Crippen LogP contribution in [0.4, 0.5) is 4.79 Å². The Kier molecular flexibility index (Phi) is 7.89. The van der Waals surface area contributed by atoms with Gasteiger partial charge in [-0.1, -0.05) is 25.3 Å².